The number of halogens is 1. The van der Waals surface area contributed by atoms with E-state index in [-0.39, 0.29) is 17.8 Å². The minimum atomic E-state index is -0.236. The fourth-order valence-electron chi connectivity index (χ4n) is 2.21. The number of nitrogens with one attached hydrogen (secondary N) is 2. The maximum absolute atomic E-state index is 13.9. The maximum Gasteiger partial charge on any atom is 0.221 e. The molecule has 0 spiro atoms. The van der Waals surface area contributed by atoms with Crippen LogP contribution in [0.5, 0.6) is 0 Å². The average molecular weight is 236 g/mol. The van der Waals surface area contributed by atoms with Gasteiger partial charge in [0.1, 0.15) is 5.82 Å². The molecule has 2 N–H and O–H groups in total. The van der Waals surface area contributed by atoms with E-state index >= 15 is 0 Å². The standard InChI is InChI=1S/C13H17FN2O/c1-8-3-4-10(14)13(9(8)2)11-7-12(17)16-6-5-15-11/h3-4,11,15H,5-7H2,1-2H3,(H,16,17). The largest absolute Gasteiger partial charge is 0.355 e. The zero-order valence-corrected chi connectivity index (χ0v) is 10.1. The number of carbonyl (C=O) groups is 1. The number of amides is 1. The van der Waals surface area contributed by atoms with Gasteiger partial charge in [0, 0.05) is 31.1 Å². The lowest BCUT2D eigenvalue weighted by Gasteiger charge is -2.19. The molecule has 2 rings (SSSR count). The van der Waals surface area contributed by atoms with E-state index in [2.05, 4.69) is 10.6 Å². The predicted octanol–water partition coefficient (Wildman–Crippen LogP) is 1.59. The van der Waals surface area contributed by atoms with Gasteiger partial charge in [-0.05, 0) is 31.0 Å². The van der Waals surface area contributed by atoms with Gasteiger partial charge in [-0.2, -0.15) is 0 Å². The Labute approximate surface area is 100 Å². The second-order valence-corrected chi connectivity index (χ2v) is 4.46. The summed E-state index contributed by atoms with van der Waals surface area (Å²) in [5, 5.41) is 5.99. The Bertz CT molecular complexity index is 445. The Morgan fingerprint density at radius 1 is 1.29 bits per heavy atom. The Kier molecular flexibility index (Phi) is 3.43. The predicted molar refractivity (Wildman–Crippen MR) is 64.2 cm³/mol. The fraction of sp³-hybridized carbons (Fsp3) is 0.462. The van der Waals surface area contributed by atoms with Crippen LogP contribution in [0, 0.1) is 19.7 Å². The molecule has 0 aliphatic carbocycles. The summed E-state index contributed by atoms with van der Waals surface area (Å²) in [4.78, 5) is 11.5. The molecule has 1 aliphatic heterocycles. The van der Waals surface area contributed by atoms with Crippen LogP contribution >= 0.6 is 0 Å². The highest BCUT2D eigenvalue weighted by molar-refractivity contribution is 5.77. The van der Waals surface area contributed by atoms with E-state index in [1.807, 2.05) is 13.8 Å². The van der Waals surface area contributed by atoms with E-state index in [4.69, 9.17) is 0 Å². The highest BCUT2D eigenvalue weighted by Gasteiger charge is 2.23. The molecule has 0 aromatic heterocycles. The molecular weight excluding hydrogens is 219 g/mol. The molecule has 1 fully saturated rings. The molecule has 92 valence electrons. The third-order valence-corrected chi connectivity index (χ3v) is 3.31. The van der Waals surface area contributed by atoms with Gasteiger partial charge in [0.2, 0.25) is 5.91 Å². The first-order chi connectivity index (χ1) is 8.09. The summed E-state index contributed by atoms with van der Waals surface area (Å²) in [5.41, 5.74) is 2.60. The van der Waals surface area contributed by atoms with E-state index in [1.165, 1.54) is 6.07 Å². The number of rotatable bonds is 1. The summed E-state index contributed by atoms with van der Waals surface area (Å²) in [6.07, 6.45) is 0.293. The molecular formula is C13H17FN2O. The molecule has 1 aromatic rings. The summed E-state index contributed by atoms with van der Waals surface area (Å²) < 4.78 is 13.9. The number of benzene rings is 1. The first kappa shape index (κ1) is 12.0. The molecule has 1 atom stereocenters. The van der Waals surface area contributed by atoms with Gasteiger partial charge in [0.05, 0.1) is 0 Å². The Balaban J connectivity index is 2.38. The molecule has 1 saturated heterocycles. The average Bonchev–Trinajstić information content (AvgIpc) is 2.49. The zero-order valence-electron chi connectivity index (χ0n) is 10.1. The lowest BCUT2D eigenvalue weighted by atomic mass is 9.95. The van der Waals surface area contributed by atoms with E-state index < -0.39 is 0 Å². The minimum absolute atomic E-state index is 0.0275. The minimum Gasteiger partial charge on any atom is -0.355 e. The van der Waals surface area contributed by atoms with E-state index in [9.17, 15) is 9.18 Å². The molecule has 0 saturated carbocycles. The van der Waals surface area contributed by atoms with Gasteiger partial charge in [-0.25, -0.2) is 4.39 Å². The van der Waals surface area contributed by atoms with E-state index in [0.29, 0.717) is 25.1 Å². The maximum atomic E-state index is 13.9. The van der Waals surface area contributed by atoms with Crippen LogP contribution in [0.3, 0.4) is 0 Å². The topological polar surface area (TPSA) is 41.1 Å². The Morgan fingerprint density at radius 3 is 2.82 bits per heavy atom. The monoisotopic (exact) mass is 236 g/mol. The number of hydrogen-bond acceptors (Lipinski definition) is 2. The van der Waals surface area contributed by atoms with Crippen LogP contribution in [0.4, 0.5) is 4.39 Å². The second kappa shape index (κ2) is 4.84. The van der Waals surface area contributed by atoms with Gasteiger partial charge in [-0.15, -0.1) is 0 Å². The number of aryl methyl sites for hydroxylation is 1. The summed E-state index contributed by atoms with van der Waals surface area (Å²) in [6.45, 7) is 5.12. The third kappa shape index (κ3) is 2.47. The molecule has 1 aromatic carbocycles. The van der Waals surface area contributed by atoms with Crippen molar-refractivity contribution in [3.63, 3.8) is 0 Å². The van der Waals surface area contributed by atoms with Crippen LogP contribution in [0.1, 0.15) is 29.2 Å². The third-order valence-electron chi connectivity index (χ3n) is 3.31. The molecule has 3 nitrogen and oxygen atoms in total. The van der Waals surface area contributed by atoms with Crippen molar-refractivity contribution in [1.82, 2.24) is 10.6 Å². The van der Waals surface area contributed by atoms with Gasteiger partial charge in [-0.3, -0.25) is 4.79 Å². The van der Waals surface area contributed by atoms with Crippen LogP contribution in [0.25, 0.3) is 0 Å². The Morgan fingerprint density at radius 2 is 2.06 bits per heavy atom. The van der Waals surface area contributed by atoms with Crippen LogP contribution in [-0.2, 0) is 4.79 Å². The highest BCUT2D eigenvalue weighted by Crippen LogP contribution is 2.26. The molecule has 1 heterocycles. The van der Waals surface area contributed by atoms with E-state index in [0.717, 1.165) is 11.1 Å². The molecule has 0 bridgehead atoms. The van der Waals surface area contributed by atoms with Crippen molar-refractivity contribution in [2.75, 3.05) is 13.1 Å². The summed E-state index contributed by atoms with van der Waals surface area (Å²) >= 11 is 0. The molecule has 1 unspecified atom stereocenters. The van der Waals surface area contributed by atoms with Crippen molar-refractivity contribution in [2.45, 2.75) is 26.3 Å². The normalized spacial score (nSPS) is 20.9. The molecule has 0 radical (unpaired) electrons. The van der Waals surface area contributed by atoms with Crippen LogP contribution in [0.15, 0.2) is 12.1 Å². The van der Waals surface area contributed by atoms with Gasteiger partial charge in [0.15, 0.2) is 0 Å². The van der Waals surface area contributed by atoms with Gasteiger partial charge in [0.25, 0.3) is 0 Å². The lowest BCUT2D eigenvalue weighted by Crippen LogP contribution is -2.25. The molecule has 4 heteroatoms. The molecule has 17 heavy (non-hydrogen) atoms. The number of carbonyl (C=O) groups excluding carboxylic acids is 1. The van der Waals surface area contributed by atoms with Gasteiger partial charge < -0.3 is 10.6 Å². The smallest absolute Gasteiger partial charge is 0.221 e. The Hall–Kier alpha value is -1.42. The van der Waals surface area contributed by atoms with Gasteiger partial charge in [-0.1, -0.05) is 6.07 Å². The van der Waals surface area contributed by atoms with Crippen molar-refractivity contribution >= 4 is 5.91 Å². The summed E-state index contributed by atoms with van der Waals surface area (Å²) in [7, 11) is 0. The second-order valence-electron chi connectivity index (χ2n) is 4.46. The first-order valence-corrected chi connectivity index (χ1v) is 5.85. The van der Waals surface area contributed by atoms with Crippen molar-refractivity contribution in [3.05, 3.63) is 34.6 Å². The highest BCUT2D eigenvalue weighted by atomic mass is 19.1. The van der Waals surface area contributed by atoms with E-state index in [1.54, 1.807) is 6.07 Å². The molecule has 1 aliphatic rings. The zero-order chi connectivity index (χ0) is 12.4. The first-order valence-electron chi connectivity index (χ1n) is 5.85. The van der Waals surface area contributed by atoms with Crippen molar-refractivity contribution in [3.8, 4) is 0 Å². The SMILES string of the molecule is Cc1ccc(F)c(C2CC(=O)NCCN2)c1C. The summed E-state index contributed by atoms with van der Waals surface area (Å²) in [6, 6.07) is 3.02. The van der Waals surface area contributed by atoms with Crippen molar-refractivity contribution in [1.29, 1.82) is 0 Å². The van der Waals surface area contributed by atoms with Gasteiger partial charge >= 0.3 is 0 Å². The van der Waals surface area contributed by atoms with Crippen LogP contribution in [0.2, 0.25) is 0 Å². The van der Waals surface area contributed by atoms with Crippen molar-refractivity contribution < 1.29 is 9.18 Å². The quantitative estimate of drug-likeness (QED) is 0.777. The number of hydrogen-bond donors (Lipinski definition) is 2. The van der Waals surface area contributed by atoms with Crippen LogP contribution in [-0.4, -0.2) is 19.0 Å². The summed E-state index contributed by atoms with van der Waals surface area (Å²) in [5.74, 6) is -0.263. The molecule has 1 amide bonds. The lowest BCUT2D eigenvalue weighted by molar-refractivity contribution is -0.121. The van der Waals surface area contributed by atoms with Crippen molar-refractivity contribution in [2.24, 2.45) is 0 Å². The fourth-order valence-corrected chi connectivity index (χ4v) is 2.21. The van der Waals surface area contributed by atoms with Crippen LogP contribution < -0.4 is 10.6 Å².